The van der Waals surface area contributed by atoms with Crippen LogP contribution in [0.1, 0.15) is 41.2 Å². The van der Waals surface area contributed by atoms with Crippen molar-refractivity contribution in [3.8, 4) is 0 Å². The van der Waals surface area contributed by atoms with Gasteiger partial charge < -0.3 is 9.42 Å². The molecule has 0 saturated carbocycles. The van der Waals surface area contributed by atoms with Crippen LogP contribution in [0.4, 0.5) is 0 Å². The van der Waals surface area contributed by atoms with Gasteiger partial charge in [0, 0.05) is 24.2 Å². The van der Waals surface area contributed by atoms with Gasteiger partial charge in [0.15, 0.2) is 0 Å². The molecule has 0 bridgehead atoms. The van der Waals surface area contributed by atoms with E-state index in [9.17, 15) is 13.2 Å². The maximum atomic E-state index is 12.5. The third-order valence-electron chi connectivity index (χ3n) is 3.73. The number of carbonyl (C=O) groups excluding carboxylic acids is 1. The van der Waals surface area contributed by atoms with Crippen molar-refractivity contribution in [2.45, 2.75) is 45.2 Å². The SMILES string of the molecule is Cc1noc(C)c1CN(C)C(=O)c1ccc(S(=O)(=O)NC(C)C)cc1. The zero-order chi connectivity index (χ0) is 18.8. The summed E-state index contributed by atoms with van der Waals surface area (Å²) in [5.74, 6) is 0.471. The average molecular weight is 365 g/mol. The summed E-state index contributed by atoms with van der Waals surface area (Å²) in [6.07, 6.45) is 0. The van der Waals surface area contributed by atoms with Crippen molar-refractivity contribution in [2.75, 3.05) is 7.05 Å². The van der Waals surface area contributed by atoms with Crippen LogP contribution in [0.25, 0.3) is 0 Å². The van der Waals surface area contributed by atoms with Gasteiger partial charge in [0.25, 0.3) is 5.91 Å². The van der Waals surface area contributed by atoms with Gasteiger partial charge in [-0.3, -0.25) is 4.79 Å². The fourth-order valence-corrected chi connectivity index (χ4v) is 3.66. The van der Waals surface area contributed by atoms with Crippen LogP contribution in [0.5, 0.6) is 0 Å². The molecule has 0 saturated heterocycles. The standard InChI is InChI=1S/C17H23N3O4S/c1-11(2)19-25(22,23)15-8-6-14(7-9-15)17(21)20(5)10-16-12(3)18-24-13(16)4/h6-9,11,19H,10H2,1-5H3. The molecule has 2 rings (SSSR count). The molecule has 25 heavy (non-hydrogen) atoms. The van der Waals surface area contributed by atoms with Gasteiger partial charge in [0.1, 0.15) is 5.76 Å². The van der Waals surface area contributed by atoms with Crippen LogP contribution in [0.2, 0.25) is 0 Å². The van der Waals surface area contributed by atoms with E-state index in [-0.39, 0.29) is 16.8 Å². The molecule has 0 fully saturated rings. The van der Waals surface area contributed by atoms with Crippen molar-refractivity contribution in [3.63, 3.8) is 0 Å². The Labute approximate surface area is 148 Å². The van der Waals surface area contributed by atoms with Gasteiger partial charge in [-0.25, -0.2) is 13.1 Å². The minimum atomic E-state index is -3.57. The number of nitrogens with one attached hydrogen (secondary N) is 1. The molecular formula is C17H23N3O4S. The van der Waals surface area contributed by atoms with E-state index in [4.69, 9.17) is 4.52 Å². The highest BCUT2D eigenvalue weighted by atomic mass is 32.2. The summed E-state index contributed by atoms with van der Waals surface area (Å²) in [4.78, 5) is 14.2. The number of aromatic nitrogens is 1. The maximum absolute atomic E-state index is 12.5. The highest BCUT2D eigenvalue weighted by Crippen LogP contribution is 2.17. The number of hydrogen-bond donors (Lipinski definition) is 1. The molecule has 1 amide bonds. The number of amides is 1. The third kappa shape index (κ3) is 4.46. The molecule has 2 aromatic rings. The van der Waals surface area contributed by atoms with Gasteiger partial charge in [-0.15, -0.1) is 0 Å². The first-order chi connectivity index (χ1) is 11.6. The first-order valence-corrected chi connectivity index (χ1v) is 9.39. The van der Waals surface area contributed by atoms with Crippen molar-refractivity contribution in [2.24, 2.45) is 0 Å². The van der Waals surface area contributed by atoms with Gasteiger partial charge in [-0.2, -0.15) is 0 Å². The molecule has 8 heteroatoms. The van der Waals surface area contributed by atoms with Crippen LogP contribution < -0.4 is 4.72 Å². The highest BCUT2D eigenvalue weighted by molar-refractivity contribution is 7.89. The number of nitrogens with zero attached hydrogens (tertiary/aromatic N) is 2. The van der Waals surface area contributed by atoms with Crippen LogP contribution >= 0.6 is 0 Å². The molecule has 1 aromatic heterocycles. The van der Waals surface area contributed by atoms with Crippen molar-refractivity contribution in [1.29, 1.82) is 0 Å². The van der Waals surface area contributed by atoms with E-state index in [1.54, 1.807) is 32.7 Å². The molecule has 0 radical (unpaired) electrons. The van der Waals surface area contributed by atoms with Gasteiger partial charge in [0.2, 0.25) is 10.0 Å². The molecule has 1 heterocycles. The van der Waals surface area contributed by atoms with Gasteiger partial charge in [-0.1, -0.05) is 5.16 Å². The van der Waals surface area contributed by atoms with E-state index in [0.29, 0.717) is 17.9 Å². The molecule has 7 nitrogen and oxygen atoms in total. The zero-order valence-electron chi connectivity index (χ0n) is 15.0. The first kappa shape index (κ1) is 19.1. The number of sulfonamides is 1. The smallest absolute Gasteiger partial charge is 0.253 e. The van der Waals surface area contributed by atoms with E-state index >= 15 is 0 Å². The second kappa shape index (κ2) is 7.37. The predicted octanol–water partition coefficient (Wildman–Crippen LogP) is 2.25. The lowest BCUT2D eigenvalue weighted by molar-refractivity contribution is 0.0784. The molecule has 0 spiro atoms. The minimum absolute atomic E-state index is 0.131. The summed E-state index contributed by atoms with van der Waals surface area (Å²) < 4.78 is 31.9. The second-order valence-corrected chi connectivity index (χ2v) is 7.98. The summed E-state index contributed by atoms with van der Waals surface area (Å²) >= 11 is 0. The lowest BCUT2D eigenvalue weighted by Gasteiger charge is -2.17. The van der Waals surface area contributed by atoms with E-state index in [1.807, 2.05) is 6.92 Å². The zero-order valence-corrected chi connectivity index (χ0v) is 15.8. The average Bonchev–Trinajstić information content (AvgIpc) is 2.85. The van der Waals surface area contributed by atoms with E-state index in [1.165, 1.54) is 24.3 Å². The fraction of sp³-hybridized carbons (Fsp3) is 0.412. The number of aryl methyl sites for hydroxylation is 2. The molecule has 1 N–H and O–H groups in total. The van der Waals surface area contributed by atoms with Crippen molar-refractivity contribution in [1.82, 2.24) is 14.8 Å². The predicted molar refractivity (Wildman–Crippen MR) is 93.7 cm³/mol. The van der Waals surface area contributed by atoms with Gasteiger partial charge in [0.05, 0.1) is 17.1 Å². The molecule has 136 valence electrons. The lowest BCUT2D eigenvalue weighted by atomic mass is 10.1. The number of benzene rings is 1. The molecule has 0 aliphatic carbocycles. The second-order valence-electron chi connectivity index (χ2n) is 6.26. The molecule has 0 aliphatic heterocycles. The topological polar surface area (TPSA) is 92.5 Å². The third-order valence-corrected chi connectivity index (χ3v) is 5.40. The summed E-state index contributed by atoms with van der Waals surface area (Å²) in [7, 11) is -1.89. The van der Waals surface area contributed by atoms with Gasteiger partial charge in [-0.05, 0) is 52.0 Å². The van der Waals surface area contributed by atoms with Crippen molar-refractivity contribution < 1.29 is 17.7 Å². The monoisotopic (exact) mass is 365 g/mol. The Morgan fingerprint density at radius 2 is 1.84 bits per heavy atom. The molecule has 0 aliphatic rings. The molecular weight excluding hydrogens is 342 g/mol. The quantitative estimate of drug-likeness (QED) is 0.847. The maximum Gasteiger partial charge on any atom is 0.253 e. The van der Waals surface area contributed by atoms with Crippen molar-refractivity contribution in [3.05, 3.63) is 46.8 Å². The molecule has 0 unspecified atom stereocenters. The van der Waals surface area contributed by atoms with Crippen LogP contribution in [-0.2, 0) is 16.6 Å². The largest absolute Gasteiger partial charge is 0.361 e. The van der Waals surface area contributed by atoms with Crippen LogP contribution in [0, 0.1) is 13.8 Å². The van der Waals surface area contributed by atoms with E-state index in [2.05, 4.69) is 9.88 Å². The highest BCUT2D eigenvalue weighted by Gasteiger charge is 2.19. The van der Waals surface area contributed by atoms with Crippen LogP contribution in [-0.4, -0.2) is 37.5 Å². The first-order valence-electron chi connectivity index (χ1n) is 7.91. The number of rotatable bonds is 6. The molecule has 1 aromatic carbocycles. The van der Waals surface area contributed by atoms with Crippen LogP contribution in [0.15, 0.2) is 33.7 Å². The summed E-state index contributed by atoms with van der Waals surface area (Å²) in [5, 5.41) is 3.88. The normalized spacial score (nSPS) is 11.8. The van der Waals surface area contributed by atoms with Crippen LogP contribution in [0.3, 0.4) is 0 Å². The molecule has 0 atom stereocenters. The van der Waals surface area contributed by atoms with E-state index < -0.39 is 10.0 Å². The Balaban J connectivity index is 2.15. The number of hydrogen-bond acceptors (Lipinski definition) is 5. The van der Waals surface area contributed by atoms with E-state index in [0.717, 1.165) is 11.3 Å². The van der Waals surface area contributed by atoms with Crippen molar-refractivity contribution >= 4 is 15.9 Å². The Hall–Kier alpha value is -2.19. The Morgan fingerprint density at radius 1 is 1.24 bits per heavy atom. The summed E-state index contributed by atoms with van der Waals surface area (Å²) in [6.45, 7) is 7.49. The summed E-state index contributed by atoms with van der Waals surface area (Å²) in [6, 6.07) is 5.69. The Bertz CT molecular complexity index is 835. The lowest BCUT2D eigenvalue weighted by Crippen LogP contribution is -2.30. The summed E-state index contributed by atoms with van der Waals surface area (Å²) in [5.41, 5.74) is 2.03. The van der Waals surface area contributed by atoms with Gasteiger partial charge >= 0.3 is 0 Å². The number of carbonyl (C=O) groups is 1. The Morgan fingerprint density at radius 3 is 2.32 bits per heavy atom. The Kier molecular flexibility index (Phi) is 5.64. The minimum Gasteiger partial charge on any atom is -0.361 e. The fourth-order valence-electron chi connectivity index (χ4n) is 2.41.